The molecule has 3 N–H and O–H groups in total. The number of ether oxygens (including phenoxy) is 1. The number of aryl methyl sites for hydroxylation is 2. The Morgan fingerprint density at radius 2 is 1.95 bits per heavy atom. The van der Waals surface area contributed by atoms with Gasteiger partial charge in [0, 0.05) is 11.8 Å². The number of nitrogen functional groups attached to an aromatic ring is 1. The molecular formula is C15H17N3O. The van der Waals surface area contributed by atoms with Crippen LogP contribution in [0.5, 0.6) is 5.75 Å². The summed E-state index contributed by atoms with van der Waals surface area (Å²) >= 11 is 0. The SMILES string of the molecule is Cc1cc(C(=N)N)cc(C)c1OCc1ccccn1. The zero-order valence-corrected chi connectivity index (χ0v) is 11.1. The van der Waals surface area contributed by atoms with Gasteiger partial charge < -0.3 is 10.5 Å². The Morgan fingerprint density at radius 3 is 2.47 bits per heavy atom. The normalized spacial score (nSPS) is 10.2. The van der Waals surface area contributed by atoms with Crippen LogP contribution in [-0.2, 0) is 6.61 Å². The third-order valence-electron chi connectivity index (χ3n) is 2.86. The number of hydrogen-bond acceptors (Lipinski definition) is 3. The molecule has 1 aromatic heterocycles. The first kappa shape index (κ1) is 13.1. The van der Waals surface area contributed by atoms with E-state index in [0.717, 1.165) is 28.1 Å². The molecule has 1 heterocycles. The summed E-state index contributed by atoms with van der Waals surface area (Å²) < 4.78 is 5.81. The van der Waals surface area contributed by atoms with E-state index in [1.807, 2.05) is 44.2 Å². The van der Waals surface area contributed by atoms with Gasteiger partial charge in [-0.05, 0) is 49.2 Å². The Hall–Kier alpha value is -2.36. The summed E-state index contributed by atoms with van der Waals surface area (Å²) in [6.07, 6.45) is 1.75. The minimum absolute atomic E-state index is 0.0717. The third kappa shape index (κ3) is 3.10. The summed E-state index contributed by atoms with van der Waals surface area (Å²) in [5.74, 6) is 0.901. The molecule has 1 aromatic carbocycles. The van der Waals surface area contributed by atoms with Crippen molar-refractivity contribution in [3.63, 3.8) is 0 Å². The lowest BCUT2D eigenvalue weighted by Crippen LogP contribution is -2.12. The summed E-state index contributed by atoms with van der Waals surface area (Å²) in [6, 6.07) is 9.46. The van der Waals surface area contributed by atoms with Gasteiger partial charge in [-0.1, -0.05) is 6.07 Å². The Kier molecular flexibility index (Phi) is 3.80. The standard InChI is InChI=1S/C15H17N3O/c1-10-7-12(15(16)17)8-11(2)14(10)19-9-13-5-3-4-6-18-13/h3-8H,9H2,1-2H3,(H3,16,17). The minimum Gasteiger partial charge on any atom is -0.487 e. The van der Waals surface area contributed by atoms with E-state index in [9.17, 15) is 0 Å². The fraction of sp³-hybridized carbons (Fsp3) is 0.200. The van der Waals surface area contributed by atoms with Crippen LogP contribution >= 0.6 is 0 Å². The zero-order valence-electron chi connectivity index (χ0n) is 11.1. The number of amidine groups is 1. The van der Waals surface area contributed by atoms with Crippen molar-refractivity contribution in [3.8, 4) is 5.75 Å². The monoisotopic (exact) mass is 255 g/mol. The van der Waals surface area contributed by atoms with E-state index in [1.54, 1.807) is 6.20 Å². The lowest BCUT2D eigenvalue weighted by molar-refractivity contribution is 0.297. The maximum atomic E-state index is 7.46. The second-order valence-electron chi connectivity index (χ2n) is 4.46. The number of aromatic nitrogens is 1. The van der Waals surface area contributed by atoms with Crippen molar-refractivity contribution in [1.82, 2.24) is 4.98 Å². The quantitative estimate of drug-likeness (QED) is 0.651. The summed E-state index contributed by atoms with van der Waals surface area (Å²) in [5.41, 5.74) is 9.05. The van der Waals surface area contributed by atoms with Gasteiger partial charge in [-0.3, -0.25) is 10.4 Å². The van der Waals surface area contributed by atoms with Crippen LogP contribution in [0.25, 0.3) is 0 Å². The molecule has 0 saturated carbocycles. The molecule has 0 aliphatic carbocycles. The first-order chi connectivity index (χ1) is 9.08. The second-order valence-corrected chi connectivity index (χ2v) is 4.46. The average molecular weight is 255 g/mol. The number of hydrogen-bond donors (Lipinski definition) is 2. The van der Waals surface area contributed by atoms with Crippen molar-refractivity contribution in [3.05, 3.63) is 58.9 Å². The molecule has 2 rings (SSSR count). The van der Waals surface area contributed by atoms with E-state index >= 15 is 0 Å². The maximum Gasteiger partial charge on any atom is 0.130 e. The summed E-state index contributed by atoms with van der Waals surface area (Å²) in [4.78, 5) is 4.22. The van der Waals surface area contributed by atoms with Gasteiger partial charge in [-0.2, -0.15) is 0 Å². The number of benzene rings is 1. The van der Waals surface area contributed by atoms with Crippen LogP contribution < -0.4 is 10.5 Å². The van der Waals surface area contributed by atoms with Crippen molar-refractivity contribution < 1.29 is 4.74 Å². The van der Waals surface area contributed by atoms with Crippen LogP contribution in [0.1, 0.15) is 22.4 Å². The van der Waals surface area contributed by atoms with Gasteiger partial charge in [-0.15, -0.1) is 0 Å². The topological polar surface area (TPSA) is 72.0 Å². The fourth-order valence-corrected chi connectivity index (χ4v) is 1.96. The summed E-state index contributed by atoms with van der Waals surface area (Å²) in [6.45, 7) is 4.34. The first-order valence-electron chi connectivity index (χ1n) is 6.06. The van der Waals surface area contributed by atoms with Gasteiger partial charge in [0.25, 0.3) is 0 Å². The first-order valence-corrected chi connectivity index (χ1v) is 6.06. The highest BCUT2D eigenvalue weighted by Crippen LogP contribution is 2.25. The minimum atomic E-state index is 0.0717. The highest BCUT2D eigenvalue weighted by molar-refractivity contribution is 5.95. The van der Waals surface area contributed by atoms with Crippen LogP contribution in [0.2, 0.25) is 0 Å². The molecule has 4 heteroatoms. The molecule has 0 radical (unpaired) electrons. The summed E-state index contributed by atoms with van der Waals surface area (Å²) in [7, 11) is 0. The molecule has 0 unspecified atom stereocenters. The van der Waals surface area contributed by atoms with Crippen LogP contribution in [0.4, 0.5) is 0 Å². The van der Waals surface area contributed by atoms with Gasteiger partial charge in [0.15, 0.2) is 0 Å². The molecule has 0 saturated heterocycles. The number of nitrogens with one attached hydrogen (secondary N) is 1. The van der Waals surface area contributed by atoms with Gasteiger partial charge in [0.1, 0.15) is 18.2 Å². The van der Waals surface area contributed by atoms with Gasteiger partial charge in [-0.25, -0.2) is 0 Å². The maximum absolute atomic E-state index is 7.46. The molecule has 0 aliphatic rings. The van der Waals surface area contributed by atoms with Crippen molar-refractivity contribution in [2.75, 3.05) is 0 Å². The van der Waals surface area contributed by atoms with Gasteiger partial charge >= 0.3 is 0 Å². The lowest BCUT2D eigenvalue weighted by Gasteiger charge is -2.13. The molecule has 19 heavy (non-hydrogen) atoms. The van der Waals surface area contributed by atoms with Crippen molar-refractivity contribution in [2.45, 2.75) is 20.5 Å². The second kappa shape index (κ2) is 5.52. The van der Waals surface area contributed by atoms with Crippen molar-refractivity contribution in [1.29, 1.82) is 5.41 Å². The van der Waals surface area contributed by atoms with Crippen LogP contribution in [0.15, 0.2) is 36.5 Å². The number of pyridine rings is 1. The highest BCUT2D eigenvalue weighted by atomic mass is 16.5. The molecule has 0 amide bonds. The molecule has 0 aliphatic heterocycles. The number of rotatable bonds is 4. The van der Waals surface area contributed by atoms with E-state index in [1.165, 1.54) is 0 Å². The van der Waals surface area contributed by atoms with E-state index < -0.39 is 0 Å². The van der Waals surface area contributed by atoms with E-state index in [4.69, 9.17) is 15.9 Å². The van der Waals surface area contributed by atoms with E-state index in [-0.39, 0.29) is 5.84 Å². The Labute approximate surface area is 112 Å². The van der Waals surface area contributed by atoms with E-state index in [2.05, 4.69) is 4.98 Å². The van der Waals surface area contributed by atoms with E-state index in [0.29, 0.717) is 6.61 Å². The molecule has 0 spiro atoms. The highest BCUT2D eigenvalue weighted by Gasteiger charge is 2.08. The number of nitrogens with two attached hydrogens (primary N) is 1. The fourth-order valence-electron chi connectivity index (χ4n) is 1.96. The molecule has 98 valence electrons. The van der Waals surface area contributed by atoms with Crippen molar-refractivity contribution >= 4 is 5.84 Å². The van der Waals surface area contributed by atoms with Gasteiger partial charge in [0.2, 0.25) is 0 Å². The Bertz CT molecular complexity index is 571. The van der Waals surface area contributed by atoms with Gasteiger partial charge in [0.05, 0.1) is 5.69 Å². The zero-order chi connectivity index (χ0) is 13.8. The molecule has 4 nitrogen and oxygen atoms in total. The average Bonchev–Trinajstić information content (AvgIpc) is 2.38. The Morgan fingerprint density at radius 1 is 1.26 bits per heavy atom. The van der Waals surface area contributed by atoms with Crippen LogP contribution in [0.3, 0.4) is 0 Å². The molecule has 0 atom stereocenters. The predicted octanol–water partition coefficient (Wildman–Crippen LogP) is 2.56. The molecular weight excluding hydrogens is 238 g/mol. The lowest BCUT2D eigenvalue weighted by atomic mass is 10.1. The molecule has 2 aromatic rings. The van der Waals surface area contributed by atoms with Crippen molar-refractivity contribution in [2.24, 2.45) is 5.73 Å². The Balaban J connectivity index is 2.19. The third-order valence-corrected chi connectivity index (χ3v) is 2.86. The summed E-state index contributed by atoms with van der Waals surface area (Å²) in [5, 5.41) is 7.46. The molecule has 0 bridgehead atoms. The molecule has 0 fully saturated rings. The largest absolute Gasteiger partial charge is 0.487 e. The van der Waals surface area contributed by atoms with Crippen LogP contribution in [0, 0.1) is 19.3 Å². The smallest absolute Gasteiger partial charge is 0.130 e. The number of nitrogens with zero attached hydrogens (tertiary/aromatic N) is 1. The van der Waals surface area contributed by atoms with Crippen LogP contribution in [-0.4, -0.2) is 10.8 Å². The predicted molar refractivity (Wildman–Crippen MR) is 75.5 cm³/mol.